The predicted octanol–water partition coefficient (Wildman–Crippen LogP) is 4.55. The Morgan fingerprint density at radius 1 is 0.962 bits per heavy atom. The van der Waals surface area contributed by atoms with Gasteiger partial charge in [0.05, 0.1) is 0 Å². The molecule has 2 aliphatic rings. The van der Waals surface area contributed by atoms with Gasteiger partial charge < -0.3 is 15.0 Å². The van der Waals surface area contributed by atoms with Crippen LogP contribution in [0.3, 0.4) is 0 Å². The number of benzene rings is 1. The van der Waals surface area contributed by atoms with Crippen LogP contribution in [0.15, 0.2) is 42.7 Å². The maximum absolute atomic E-state index is 5.59. The van der Waals surface area contributed by atoms with Crippen LogP contribution in [0.1, 0.15) is 48.8 Å². The molecular formula is C22H25N3O. The van der Waals surface area contributed by atoms with Gasteiger partial charge in [0.2, 0.25) is 0 Å². The number of nitrogens with one attached hydrogen (secondary N) is 2. The largest absolute Gasteiger partial charge is 0.381 e. The quantitative estimate of drug-likeness (QED) is 0.731. The normalized spacial score (nSPS) is 21.5. The highest BCUT2D eigenvalue weighted by molar-refractivity contribution is 5.81. The second kappa shape index (κ2) is 6.86. The molecule has 1 atom stereocenters. The average molecular weight is 347 g/mol. The fourth-order valence-electron chi connectivity index (χ4n) is 4.48. The molecule has 2 aromatic heterocycles. The molecule has 4 heterocycles. The van der Waals surface area contributed by atoms with Crippen LogP contribution in [0.25, 0.3) is 22.2 Å². The summed E-state index contributed by atoms with van der Waals surface area (Å²) in [5.74, 6) is 0.625. The van der Waals surface area contributed by atoms with Gasteiger partial charge in [0.1, 0.15) is 5.65 Å². The van der Waals surface area contributed by atoms with E-state index in [1.165, 1.54) is 35.1 Å². The summed E-state index contributed by atoms with van der Waals surface area (Å²) in [7, 11) is 0. The molecule has 0 bridgehead atoms. The molecule has 1 aromatic carbocycles. The Morgan fingerprint density at radius 3 is 2.73 bits per heavy atom. The van der Waals surface area contributed by atoms with Crippen molar-refractivity contribution < 1.29 is 4.74 Å². The van der Waals surface area contributed by atoms with E-state index < -0.39 is 0 Å². The van der Waals surface area contributed by atoms with Crippen LogP contribution in [-0.4, -0.2) is 29.7 Å². The van der Waals surface area contributed by atoms with E-state index in [1.54, 1.807) is 0 Å². The number of aromatic amines is 1. The molecule has 2 fully saturated rings. The van der Waals surface area contributed by atoms with Crippen molar-refractivity contribution in [3.63, 3.8) is 0 Å². The first-order chi connectivity index (χ1) is 12.9. The van der Waals surface area contributed by atoms with Gasteiger partial charge in [-0.1, -0.05) is 12.1 Å². The van der Waals surface area contributed by atoms with E-state index in [4.69, 9.17) is 4.74 Å². The number of hydrogen-bond acceptors (Lipinski definition) is 3. The van der Waals surface area contributed by atoms with Gasteiger partial charge in [-0.15, -0.1) is 0 Å². The summed E-state index contributed by atoms with van der Waals surface area (Å²) in [5.41, 5.74) is 6.41. The van der Waals surface area contributed by atoms with Gasteiger partial charge in [0.15, 0.2) is 0 Å². The number of pyridine rings is 1. The number of rotatable bonds is 3. The van der Waals surface area contributed by atoms with Crippen molar-refractivity contribution in [3.05, 3.63) is 53.9 Å². The molecule has 3 aromatic rings. The van der Waals surface area contributed by atoms with Crippen molar-refractivity contribution in [2.75, 3.05) is 19.8 Å². The average Bonchev–Trinajstić information content (AvgIpc) is 3.39. The van der Waals surface area contributed by atoms with E-state index in [0.29, 0.717) is 12.0 Å². The van der Waals surface area contributed by atoms with Crippen molar-refractivity contribution in [1.82, 2.24) is 15.3 Å². The van der Waals surface area contributed by atoms with Crippen LogP contribution in [0.2, 0.25) is 0 Å². The molecule has 0 amide bonds. The summed E-state index contributed by atoms with van der Waals surface area (Å²) in [5, 5.41) is 4.87. The van der Waals surface area contributed by atoms with Crippen molar-refractivity contribution in [1.29, 1.82) is 0 Å². The van der Waals surface area contributed by atoms with Crippen molar-refractivity contribution in [2.45, 2.75) is 37.6 Å². The maximum atomic E-state index is 5.59. The van der Waals surface area contributed by atoms with Crippen molar-refractivity contribution in [2.24, 2.45) is 0 Å². The van der Waals surface area contributed by atoms with Crippen LogP contribution in [0.5, 0.6) is 0 Å². The summed E-state index contributed by atoms with van der Waals surface area (Å²) < 4.78 is 5.59. The monoisotopic (exact) mass is 347 g/mol. The summed E-state index contributed by atoms with van der Waals surface area (Å²) in [6.07, 6.45) is 8.69. The van der Waals surface area contributed by atoms with E-state index in [0.717, 1.165) is 43.6 Å². The molecule has 0 radical (unpaired) electrons. The fraction of sp³-hybridized carbons (Fsp3) is 0.409. The van der Waals surface area contributed by atoms with Crippen LogP contribution in [-0.2, 0) is 4.74 Å². The summed E-state index contributed by atoms with van der Waals surface area (Å²) in [4.78, 5) is 7.74. The van der Waals surface area contributed by atoms with Gasteiger partial charge in [-0.2, -0.15) is 0 Å². The number of ether oxygens (including phenoxy) is 1. The number of H-pyrrole nitrogens is 1. The lowest BCUT2D eigenvalue weighted by atomic mass is 9.84. The molecule has 134 valence electrons. The topological polar surface area (TPSA) is 49.9 Å². The SMILES string of the molecule is c1cc2cc(-c3ccc(C4CCOCC4)c(C4CCCN4)c3)cnc2[nH]1. The molecule has 0 saturated carbocycles. The lowest BCUT2D eigenvalue weighted by Gasteiger charge is -2.27. The van der Waals surface area contributed by atoms with Gasteiger partial charge in [-0.05, 0) is 73.0 Å². The minimum Gasteiger partial charge on any atom is -0.381 e. The Hall–Kier alpha value is -2.17. The third kappa shape index (κ3) is 2.93. The maximum Gasteiger partial charge on any atom is 0.137 e. The summed E-state index contributed by atoms with van der Waals surface area (Å²) in [6, 6.07) is 11.8. The zero-order valence-electron chi connectivity index (χ0n) is 15.0. The zero-order valence-corrected chi connectivity index (χ0v) is 15.0. The Kier molecular flexibility index (Phi) is 4.23. The number of nitrogens with zero attached hydrogens (tertiary/aromatic N) is 1. The molecule has 0 spiro atoms. The molecule has 4 heteroatoms. The fourth-order valence-corrected chi connectivity index (χ4v) is 4.48. The lowest BCUT2D eigenvalue weighted by molar-refractivity contribution is 0.0851. The van der Waals surface area contributed by atoms with E-state index in [9.17, 15) is 0 Å². The van der Waals surface area contributed by atoms with E-state index in [2.05, 4.69) is 45.6 Å². The molecule has 26 heavy (non-hydrogen) atoms. The summed E-state index contributed by atoms with van der Waals surface area (Å²) in [6.45, 7) is 2.90. The molecule has 5 rings (SSSR count). The summed E-state index contributed by atoms with van der Waals surface area (Å²) >= 11 is 0. The van der Waals surface area contributed by atoms with Crippen LogP contribution in [0, 0.1) is 0 Å². The highest BCUT2D eigenvalue weighted by Crippen LogP contribution is 2.37. The predicted molar refractivity (Wildman–Crippen MR) is 104 cm³/mol. The molecule has 2 aliphatic heterocycles. The number of aromatic nitrogens is 2. The first kappa shape index (κ1) is 16.0. The molecule has 1 unspecified atom stereocenters. The van der Waals surface area contributed by atoms with Gasteiger partial charge >= 0.3 is 0 Å². The molecule has 0 aliphatic carbocycles. The zero-order chi connectivity index (χ0) is 17.3. The Morgan fingerprint density at radius 2 is 1.88 bits per heavy atom. The van der Waals surface area contributed by atoms with E-state index >= 15 is 0 Å². The lowest BCUT2D eigenvalue weighted by Crippen LogP contribution is -2.19. The van der Waals surface area contributed by atoms with Gasteiger partial charge in [0, 0.05) is 42.6 Å². The van der Waals surface area contributed by atoms with Gasteiger partial charge in [-0.3, -0.25) is 0 Å². The number of fused-ring (bicyclic) bond motifs is 1. The van der Waals surface area contributed by atoms with Crippen molar-refractivity contribution >= 4 is 11.0 Å². The third-order valence-electron chi connectivity index (χ3n) is 5.92. The minimum absolute atomic E-state index is 0.483. The van der Waals surface area contributed by atoms with Crippen LogP contribution in [0.4, 0.5) is 0 Å². The standard InChI is InChI=1S/C22H25N3O/c1-2-21(23-8-1)20-13-16(3-4-19(20)15-6-10-26-11-7-15)18-12-17-5-9-24-22(17)25-14-18/h3-5,9,12-15,21,23H,1-2,6-8,10-11H2,(H,24,25). The van der Waals surface area contributed by atoms with Crippen LogP contribution >= 0.6 is 0 Å². The highest BCUT2D eigenvalue weighted by Gasteiger charge is 2.25. The van der Waals surface area contributed by atoms with Gasteiger partial charge in [0.25, 0.3) is 0 Å². The van der Waals surface area contributed by atoms with Gasteiger partial charge in [-0.25, -0.2) is 4.98 Å². The smallest absolute Gasteiger partial charge is 0.137 e. The number of hydrogen-bond donors (Lipinski definition) is 2. The van der Waals surface area contributed by atoms with E-state index in [1.807, 2.05) is 12.4 Å². The van der Waals surface area contributed by atoms with E-state index in [-0.39, 0.29) is 0 Å². The first-order valence-electron chi connectivity index (χ1n) is 9.77. The molecule has 2 saturated heterocycles. The second-order valence-electron chi connectivity index (χ2n) is 7.52. The van der Waals surface area contributed by atoms with Crippen molar-refractivity contribution in [3.8, 4) is 11.1 Å². The Bertz CT molecular complexity index is 905. The molecule has 4 nitrogen and oxygen atoms in total. The first-order valence-corrected chi connectivity index (χ1v) is 9.77. The molecule has 2 N–H and O–H groups in total. The minimum atomic E-state index is 0.483. The third-order valence-corrected chi connectivity index (χ3v) is 5.92. The van der Waals surface area contributed by atoms with Crippen LogP contribution < -0.4 is 5.32 Å². The second-order valence-corrected chi connectivity index (χ2v) is 7.52. The molecular weight excluding hydrogens is 322 g/mol. The Balaban J connectivity index is 1.56. The Labute approximate surface area is 154 Å². The highest BCUT2D eigenvalue weighted by atomic mass is 16.5.